The van der Waals surface area contributed by atoms with Crippen molar-refractivity contribution in [2.45, 2.75) is 45.6 Å². The Morgan fingerprint density at radius 2 is 2.00 bits per heavy atom. The number of amides is 1. The highest BCUT2D eigenvalue weighted by Crippen LogP contribution is 2.29. The van der Waals surface area contributed by atoms with Crippen molar-refractivity contribution in [3.63, 3.8) is 0 Å². The van der Waals surface area contributed by atoms with Crippen LogP contribution in [0.3, 0.4) is 0 Å². The second-order valence-electron chi connectivity index (χ2n) is 6.63. The Balaban J connectivity index is 1.69. The lowest BCUT2D eigenvalue weighted by Gasteiger charge is -2.38. The molecule has 1 N–H and O–H groups in total. The number of carbonyl (C=O) groups is 1. The van der Waals surface area contributed by atoms with Crippen LogP contribution in [0.1, 0.15) is 39.5 Å². The molecule has 19 heavy (non-hydrogen) atoms. The number of likely N-dealkylation sites (tertiary alicyclic amines) is 1. The van der Waals surface area contributed by atoms with Crippen LogP contribution in [0, 0.1) is 5.41 Å². The molecule has 0 spiro atoms. The first-order valence-corrected chi connectivity index (χ1v) is 7.73. The van der Waals surface area contributed by atoms with Gasteiger partial charge in [-0.25, -0.2) is 0 Å². The molecule has 110 valence electrons. The summed E-state index contributed by atoms with van der Waals surface area (Å²) < 4.78 is 0. The van der Waals surface area contributed by atoms with Gasteiger partial charge in [0.2, 0.25) is 5.91 Å². The van der Waals surface area contributed by atoms with Gasteiger partial charge in [-0.15, -0.1) is 0 Å². The van der Waals surface area contributed by atoms with E-state index < -0.39 is 0 Å². The second-order valence-corrected chi connectivity index (χ2v) is 6.63. The van der Waals surface area contributed by atoms with Crippen LogP contribution in [0.2, 0.25) is 0 Å². The third-order valence-corrected chi connectivity index (χ3v) is 4.67. The van der Waals surface area contributed by atoms with Crippen molar-refractivity contribution in [3.05, 3.63) is 0 Å². The van der Waals surface area contributed by atoms with Crippen LogP contribution in [-0.2, 0) is 4.79 Å². The lowest BCUT2D eigenvalue weighted by molar-refractivity contribution is -0.130. The first-order valence-electron chi connectivity index (χ1n) is 7.73. The highest BCUT2D eigenvalue weighted by atomic mass is 16.2. The SMILES string of the molecule is CCN(C(=O)CNCC1(C)CCN(C)CC1)C1CC1. The Morgan fingerprint density at radius 1 is 1.37 bits per heavy atom. The fourth-order valence-corrected chi connectivity index (χ4v) is 2.93. The normalized spacial score (nSPS) is 23.3. The summed E-state index contributed by atoms with van der Waals surface area (Å²) in [6, 6.07) is 0.540. The summed E-state index contributed by atoms with van der Waals surface area (Å²) in [6.45, 7) is 9.10. The Labute approximate surface area is 117 Å². The molecule has 1 saturated carbocycles. The second kappa shape index (κ2) is 6.23. The molecule has 1 aliphatic carbocycles. The van der Waals surface area contributed by atoms with Gasteiger partial charge in [-0.1, -0.05) is 6.92 Å². The van der Waals surface area contributed by atoms with Gasteiger partial charge in [0.15, 0.2) is 0 Å². The summed E-state index contributed by atoms with van der Waals surface area (Å²) in [7, 11) is 2.19. The van der Waals surface area contributed by atoms with Crippen LogP contribution in [0.15, 0.2) is 0 Å². The summed E-state index contributed by atoms with van der Waals surface area (Å²) >= 11 is 0. The fraction of sp³-hybridized carbons (Fsp3) is 0.933. The van der Waals surface area contributed by atoms with E-state index >= 15 is 0 Å². The molecule has 1 heterocycles. The molecule has 0 radical (unpaired) electrons. The number of rotatable bonds is 6. The Bertz CT molecular complexity index is 307. The van der Waals surface area contributed by atoms with Crippen LogP contribution in [-0.4, -0.2) is 61.5 Å². The number of nitrogens with one attached hydrogen (secondary N) is 1. The van der Waals surface area contributed by atoms with Gasteiger partial charge < -0.3 is 15.1 Å². The van der Waals surface area contributed by atoms with Crippen molar-refractivity contribution in [2.24, 2.45) is 5.41 Å². The first kappa shape index (κ1) is 14.8. The standard InChI is InChI=1S/C15H29N3O/c1-4-18(13-5-6-13)14(19)11-16-12-15(2)7-9-17(3)10-8-15/h13,16H,4-12H2,1-3H3. The van der Waals surface area contributed by atoms with E-state index in [9.17, 15) is 4.79 Å². The van der Waals surface area contributed by atoms with E-state index in [2.05, 4.69) is 31.1 Å². The van der Waals surface area contributed by atoms with E-state index in [1.165, 1.54) is 38.8 Å². The Morgan fingerprint density at radius 3 is 2.53 bits per heavy atom. The molecule has 4 heteroatoms. The lowest BCUT2D eigenvalue weighted by Crippen LogP contribution is -2.45. The van der Waals surface area contributed by atoms with E-state index in [-0.39, 0.29) is 5.91 Å². The maximum Gasteiger partial charge on any atom is 0.236 e. The van der Waals surface area contributed by atoms with Crippen LogP contribution in [0.4, 0.5) is 0 Å². The predicted molar refractivity (Wildman–Crippen MR) is 78.1 cm³/mol. The van der Waals surface area contributed by atoms with E-state index in [0.717, 1.165) is 13.1 Å². The molecule has 0 atom stereocenters. The van der Waals surface area contributed by atoms with Crippen LogP contribution < -0.4 is 5.32 Å². The topological polar surface area (TPSA) is 35.6 Å². The van der Waals surface area contributed by atoms with Crippen LogP contribution >= 0.6 is 0 Å². The van der Waals surface area contributed by atoms with E-state index in [1.54, 1.807) is 0 Å². The molecule has 0 aromatic rings. The molecule has 1 amide bonds. The van der Waals surface area contributed by atoms with Crippen molar-refractivity contribution in [1.82, 2.24) is 15.1 Å². The first-order chi connectivity index (χ1) is 9.04. The summed E-state index contributed by atoms with van der Waals surface area (Å²) in [6.07, 6.45) is 4.85. The maximum atomic E-state index is 12.1. The number of hydrogen-bond donors (Lipinski definition) is 1. The van der Waals surface area contributed by atoms with Gasteiger partial charge in [-0.05, 0) is 58.2 Å². The van der Waals surface area contributed by atoms with Gasteiger partial charge in [0.05, 0.1) is 6.54 Å². The molecule has 1 saturated heterocycles. The molecular formula is C15H29N3O. The Hall–Kier alpha value is -0.610. The van der Waals surface area contributed by atoms with Crippen LogP contribution in [0.25, 0.3) is 0 Å². The molecule has 4 nitrogen and oxygen atoms in total. The predicted octanol–water partition coefficient (Wildman–Crippen LogP) is 1.32. The van der Waals surface area contributed by atoms with Gasteiger partial charge in [-0.3, -0.25) is 4.79 Å². The monoisotopic (exact) mass is 267 g/mol. The molecular weight excluding hydrogens is 238 g/mol. The third kappa shape index (κ3) is 4.18. The summed E-state index contributed by atoms with van der Waals surface area (Å²) in [5.41, 5.74) is 0.364. The number of hydrogen-bond acceptors (Lipinski definition) is 3. The highest BCUT2D eigenvalue weighted by Gasteiger charge is 2.32. The molecule has 2 aliphatic rings. The molecule has 0 bridgehead atoms. The minimum Gasteiger partial charge on any atom is -0.339 e. The summed E-state index contributed by atoms with van der Waals surface area (Å²) in [5, 5.41) is 3.40. The number of nitrogens with zero attached hydrogens (tertiary/aromatic N) is 2. The van der Waals surface area contributed by atoms with Gasteiger partial charge in [-0.2, -0.15) is 0 Å². The zero-order valence-electron chi connectivity index (χ0n) is 12.7. The molecule has 2 fully saturated rings. The Kier molecular flexibility index (Phi) is 4.85. The maximum absolute atomic E-state index is 12.1. The zero-order valence-corrected chi connectivity index (χ0v) is 12.7. The fourth-order valence-electron chi connectivity index (χ4n) is 2.93. The molecule has 0 aromatic carbocycles. The highest BCUT2D eigenvalue weighted by molar-refractivity contribution is 5.78. The van der Waals surface area contributed by atoms with Crippen molar-refractivity contribution < 1.29 is 4.79 Å². The molecule has 1 aliphatic heterocycles. The summed E-state index contributed by atoms with van der Waals surface area (Å²) in [5.74, 6) is 0.279. The summed E-state index contributed by atoms with van der Waals surface area (Å²) in [4.78, 5) is 16.5. The smallest absolute Gasteiger partial charge is 0.236 e. The van der Waals surface area contributed by atoms with Gasteiger partial charge in [0.1, 0.15) is 0 Å². The average Bonchev–Trinajstić information content (AvgIpc) is 3.19. The minimum atomic E-state index is 0.279. The van der Waals surface area contributed by atoms with E-state index in [1.807, 2.05) is 4.90 Å². The van der Waals surface area contributed by atoms with Crippen molar-refractivity contribution >= 4 is 5.91 Å². The zero-order chi connectivity index (χ0) is 13.9. The van der Waals surface area contributed by atoms with Gasteiger partial charge in [0, 0.05) is 19.1 Å². The molecule has 2 rings (SSSR count). The van der Waals surface area contributed by atoms with Crippen molar-refractivity contribution in [2.75, 3.05) is 39.8 Å². The minimum absolute atomic E-state index is 0.279. The number of carbonyl (C=O) groups excluding carboxylic acids is 1. The largest absolute Gasteiger partial charge is 0.339 e. The van der Waals surface area contributed by atoms with E-state index in [0.29, 0.717) is 18.0 Å². The van der Waals surface area contributed by atoms with E-state index in [4.69, 9.17) is 0 Å². The quantitative estimate of drug-likeness (QED) is 0.788. The third-order valence-electron chi connectivity index (χ3n) is 4.67. The van der Waals surface area contributed by atoms with Crippen LogP contribution in [0.5, 0.6) is 0 Å². The molecule has 0 aromatic heterocycles. The van der Waals surface area contributed by atoms with Gasteiger partial charge >= 0.3 is 0 Å². The molecule has 0 unspecified atom stereocenters. The van der Waals surface area contributed by atoms with Crippen molar-refractivity contribution in [1.29, 1.82) is 0 Å². The van der Waals surface area contributed by atoms with Crippen molar-refractivity contribution in [3.8, 4) is 0 Å². The number of likely N-dealkylation sites (N-methyl/N-ethyl adjacent to an activating group) is 1. The average molecular weight is 267 g/mol. The number of piperidine rings is 1. The van der Waals surface area contributed by atoms with Gasteiger partial charge in [0.25, 0.3) is 0 Å². The lowest BCUT2D eigenvalue weighted by atomic mass is 9.80.